The minimum atomic E-state index is -0.326. The predicted octanol–water partition coefficient (Wildman–Crippen LogP) is 1.08. The lowest BCUT2D eigenvalue weighted by Crippen LogP contribution is -2.45. The van der Waals surface area contributed by atoms with Gasteiger partial charge in [-0.2, -0.15) is 0 Å². The van der Waals surface area contributed by atoms with Gasteiger partial charge in [-0.05, 0) is 17.8 Å². The maximum Gasteiger partial charge on any atom is 0.239 e. The molecule has 0 saturated carbocycles. The average Bonchev–Trinajstić information content (AvgIpc) is 2.44. The molecule has 1 heterocycles. The number of nitrogens with zero attached hydrogens (tertiary/aromatic N) is 1. The van der Waals surface area contributed by atoms with Gasteiger partial charge in [-0.3, -0.25) is 4.79 Å². The zero-order valence-electron chi connectivity index (χ0n) is 9.66. The van der Waals surface area contributed by atoms with Crippen LogP contribution in [-0.2, 0) is 4.79 Å². The molecule has 3 nitrogen and oxygen atoms in total. The molecular formula is C11H22N2O. The summed E-state index contributed by atoms with van der Waals surface area (Å²) in [6.07, 6.45) is 0. The van der Waals surface area contributed by atoms with Crippen molar-refractivity contribution in [2.45, 2.75) is 33.7 Å². The van der Waals surface area contributed by atoms with Crippen LogP contribution in [0, 0.1) is 17.8 Å². The second-order valence-electron chi connectivity index (χ2n) is 4.97. The minimum Gasteiger partial charge on any atom is -0.341 e. The number of hydrogen-bond acceptors (Lipinski definition) is 2. The van der Waals surface area contributed by atoms with Gasteiger partial charge >= 0.3 is 0 Å². The summed E-state index contributed by atoms with van der Waals surface area (Å²) in [7, 11) is 0. The Kier molecular flexibility index (Phi) is 3.53. The summed E-state index contributed by atoms with van der Waals surface area (Å²) in [6, 6.07) is -0.326. The van der Waals surface area contributed by atoms with E-state index in [1.807, 2.05) is 18.7 Å². The molecule has 1 aliphatic heterocycles. The quantitative estimate of drug-likeness (QED) is 0.722. The molecule has 3 atom stereocenters. The number of hydrogen-bond donors (Lipinski definition) is 1. The van der Waals surface area contributed by atoms with Crippen molar-refractivity contribution in [2.24, 2.45) is 23.5 Å². The lowest BCUT2D eigenvalue weighted by molar-refractivity contribution is -0.132. The van der Waals surface area contributed by atoms with Crippen LogP contribution in [-0.4, -0.2) is 29.9 Å². The molecule has 0 radical (unpaired) electrons. The van der Waals surface area contributed by atoms with E-state index in [0.29, 0.717) is 11.8 Å². The van der Waals surface area contributed by atoms with Gasteiger partial charge in [-0.1, -0.05) is 27.7 Å². The molecule has 2 unspecified atom stereocenters. The highest BCUT2D eigenvalue weighted by atomic mass is 16.2. The number of amides is 1. The summed E-state index contributed by atoms with van der Waals surface area (Å²) in [5.41, 5.74) is 5.84. The largest absolute Gasteiger partial charge is 0.341 e. The van der Waals surface area contributed by atoms with Crippen LogP contribution in [0.15, 0.2) is 0 Å². The normalized spacial score (nSPS) is 29.7. The second-order valence-corrected chi connectivity index (χ2v) is 4.97. The van der Waals surface area contributed by atoms with Crippen molar-refractivity contribution in [1.29, 1.82) is 0 Å². The molecule has 3 heteroatoms. The van der Waals surface area contributed by atoms with E-state index in [1.54, 1.807) is 0 Å². The highest BCUT2D eigenvalue weighted by Gasteiger charge is 2.32. The average molecular weight is 198 g/mol. The third kappa shape index (κ3) is 2.27. The lowest BCUT2D eigenvalue weighted by Gasteiger charge is -2.22. The Morgan fingerprint density at radius 2 is 1.71 bits per heavy atom. The summed E-state index contributed by atoms with van der Waals surface area (Å²) < 4.78 is 0. The van der Waals surface area contributed by atoms with Crippen LogP contribution < -0.4 is 5.73 Å². The second kappa shape index (κ2) is 4.30. The molecule has 0 spiro atoms. The zero-order valence-corrected chi connectivity index (χ0v) is 9.66. The monoisotopic (exact) mass is 198 g/mol. The highest BCUT2D eigenvalue weighted by Crippen LogP contribution is 2.23. The highest BCUT2D eigenvalue weighted by molar-refractivity contribution is 5.82. The first-order chi connectivity index (χ1) is 6.43. The molecule has 0 aromatic heterocycles. The smallest absolute Gasteiger partial charge is 0.239 e. The van der Waals surface area contributed by atoms with Crippen LogP contribution in [0.4, 0.5) is 0 Å². The van der Waals surface area contributed by atoms with Crippen molar-refractivity contribution in [2.75, 3.05) is 13.1 Å². The van der Waals surface area contributed by atoms with Crippen molar-refractivity contribution in [3.05, 3.63) is 0 Å². The molecule has 1 saturated heterocycles. The molecule has 1 rings (SSSR count). The van der Waals surface area contributed by atoms with Gasteiger partial charge in [-0.25, -0.2) is 0 Å². The van der Waals surface area contributed by atoms with E-state index in [1.165, 1.54) is 0 Å². The fraction of sp³-hybridized carbons (Fsp3) is 0.909. The van der Waals surface area contributed by atoms with E-state index >= 15 is 0 Å². The number of carbonyl (C=O) groups excluding carboxylic acids is 1. The van der Waals surface area contributed by atoms with Crippen LogP contribution >= 0.6 is 0 Å². The van der Waals surface area contributed by atoms with Gasteiger partial charge in [-0.15, -0.1) is 0 Å². The molecule has 1 aliphatic rings. The van der Waals surface area contributed by atoms with E-state index in [9.17, 15) is 4.79 Å². The van der Waals surface area contributed by atoms with Crippen LogP contribution in [0.25, 0.3) is 0 Å². The van der Waals surface area contributed by atoms with Crippen molar-refractivity contribution < 1.29 is 4.79 Å². The van der Waals surface area contributed by atoms with Gasteiger partial charge in [0.05, 0.1) is 6.04 Å². The van der Waals surface area contributed by atoms with Crippen LogP contribution in [0.5, 0.6) is 0 Å². The Balaban J connectivity index is 2.55. The van der Waals surface area contributed by atoms with Gasteiger partial charge in [0.2, 0.25) is 5.91 Å². The molecule has 0 aromatic rings. The van der Waals surface area contributed by atoms with Crippen molar-refractivity contribution in [3.8, 4) is 0 Å². The first-order valence-electron chi connectivity index (χ1n) is 5.47. The van der Waals surface area contributed by atoms with E-state index in [-0.39, 0.29) is 17.9 Å². The Morgan fingerprint density at radius 3 is 2.07 bits per heavy atom. The SMILES string of the molecule is CC1CN(C(=O)[C@@H](N)C(C)C)CC1C. The van der Waals surface area contributed by atoms with E-state index in [0.717, 1.165) is 13.1 Å². The van der Waals surface area contributed by atoms with E-state index in [2.05, 4.69) is 13.8 Å². The molecule has 2 N–H and O–H groups in total. The Morgan fingerprint density at radius 1 is 1.29 bits per heavy atom. The Bertz CT molecular complexity index is 205. The molecule has 1 fully saturated rings. The minimum absolute atomic E-state index is 0.121. The molecule has 14 heavy (non-hydrogen) atoms. The summed E-state index contributed by atoms with van der Waals surface area (Å²) in [4.78, 5) is 13.8. The van der Waals surface area contributed by atoms with Crippen molar-refractivity contribution in [3.63, 3.8) is 0 Å². The fourth-order valence-corrected chi connectivity index (χ4v) is 1.81. The Labute approximate surface area is 86.6 Å². The summed E-state index contributed by atoms with van der Waals surface area (Å²) in [6.45, 7) is 10.1. The lowest BCUT2D eigenvalue weighted by atomic mass is 10.0. The Hall–Kier alpha value is -0.570. The fourth-order valence-electron chi connectivity index (χ4n) is 1.81. The molecule has 0 bridgehead atoms. The summed E-state index contributed by atoms with van der Waals surface area (Å²) in [5.74, 6) is 1.57. The van der Waals surface area contributed by atoms with Gasteiger partial charge in [0, 0.05) is 13.1 Å². The number of carbonyl (C=O) groups is 1. The van der Waals surface area contributed by atoms with Crippen molar-refractivity contribution >= 4 is 5.91 Å². The summed E-state index contributed by atoms with van der Waals surface area (Å²) in [5, 5.41) is 0. The van der Waals surface area contributed by atoms with Crippen LogP contribution in [0.2, 0.25) is 0 Å². The predicted molar refractivity (Wildman–Crippen MR) is 57.7 cm³/mol. The maximum atomic E-state index is 11.9. The molecule has 1 amide bonds. The summed E-state index contributed by atoms with van der Waals surface area (Å²) >= 11 is 0. The third-order valence-corrected chi connectivity index (χ3v) is 3.30. The molecular weight excluding hydrogens is 176 g/mol. The van der Waals surface area contributed by atoms with E-state index < -0.39 is 0 Å². The number of nitrogens with two attached hydrogens (primary N) is 1. The van der Waals surface area contributed by atoms with Gasteiger partial charge in [0.1, 0.15) is 0 Å². The van der Waals surface area contributed by atoms with Crippen LogP contribution in [0.3, 0.4) is 0 Å². The first-order valence-corrected chi connectivity index (χ1v) is 5.47. The standard InChI is InChI=1S/C11H22N2O/c1-7(2)10(12)11(14)13-5-8(3)9(4)6-13/h7-10H,5-6,12H2,1-4H3/t8?,9?,10-/m0/s1. The first kappa shape index (κ1) is 11.5. The maximum absolute atomic E-state index is 11.9. The van der Waals surface area contributed by atoms with Gasteiger partial charge < -0.3 is 10.6 Å². The topological polar surface area (TPSA) is 46.3 Å². The third-order valence-electron chi connectivity index (χ3n) is 3.30. The van der Waals surface area contributed by atoms with Gasteiger partial charge in [0.15, 0.2) is 0 Å². The number of likely N-dealkylation sites (tertiary alicyclic amines) is 1. The van der Waals surface area contributed by atoms with Crippen LogP contribution in [0.1, 0.15) is 27.7 Å². The zero-order chi connectivity index (χ0) is 10.9. The molecule has 0 aromatic carbocycles. The van der Waals surface area contributed by atoms with Crippen molar-refractivity contribution in [1.82, 2.24) is 4.90 Å². The van der Waals surface area contributed by atoms with E-state index in [4.69, 9.17) is 5.73 Å². The number of rotatable bonds is 2. The molecule has 0 aliphatic carbocycles. The van der Waals surface area contributed by atoms with Gasteiger partial charge in [0.25, 0.3) is 0 Å². The molecule has 82 valence electrons.